The number of hydrogen-bond acceptors (Lipinski definition) is 1. The van der Waals surface area contributed by atoms with Gasteiger partial charge in [-0.25, -0.2) is 0 Å². The molecule has 0 radical (unpaired) electrons. The first-order chi connectivity index (χ1) is 8.29. The largest absolute Gasteiger partial charge is 0.492 e. The number of hydrogen-bond donors (Lipinski definition) is 0. The molecule has 0 fully saturated rings. The summed E-state index contributed by atoms with van der Waals surface area (Å²) in [5.41, 5.74) is 1.12. The predicted molar refractivity (Wildman–Crippen MR) is 78.3 cm³/mol. The van der Waals surface area contributed by atoms with Gasteiger partial charge in [0.25, 0.3) is 0 Å². The van der Waals surface area contributed by atoms with Crippen molar-refractivity contribution in [1.82, 2.24) is 0 Å². The van der Waals surface area contributed by atoms with Gasteiger partial charge in [0, 0.05) is 10.9 Å². The van der Waals surface area contributed by atoms with Crippen molar-refractivity contribution in [3.05, 3.63) is 28.8 Å². The molecule has 0 saturated carbocycles. The van der Waals surface area contributed by atoms with E-state index in [4.69, 9.17) is 16.3 Å². The summed E-state index contributed by atoms with van der Waals surface area (Å²) in [6, 6.07) is 5.86. The number of para-hydroxylation sites is 1. The maximum absolute atomic E-state index is 6.12. The average molecular weight is 320 g/mol. The van der Waals surface area contributed by atoms with Gasteiger partial charge < -0.3 is 4.74 Å². The number of unbranched alkanes of at least 4 members (excludes halogenated alkanes) is 4. The zero-order valence-corrected chi connectivity index (χ0v) is 12.7. The Kier molecular flexibility index (Phi) is 7.70. The fraction of sp³-hybridized carbons (Fsp3) is 0.571. The van der Waals surface area contributed by atoms with Gasteiger partial charge in [0.05, 0.1) is 11.6 Å². The highest BCUT2D eigenvalue weighted by Gasteiger charge is 2.06. The van der Waals surface area contributed by atoms with Crippen LogP contribution in [-0.4, -0.2) is 6.61 Å². The van der Waals surface area contributed by atoms with E-state index in [9.17, 15) is 0 Å². The molecule has 0 aliphatic rings. The fourth-order valence-corrected chi connectivity index (χ4v) is 2.39. The summed E-state index contributed by atoms with van der Waals surface area (Å²) in [7, 11) is 0. The molecular formula is C14H20BrClO. The maximum Gasteiger partial charge on any atom is 0.141 e. The summed E-state index contributed by atoms with van der Waals surface area (Å²) < 4.78 is 5.78. The molecule has 1 aromatic rings. The van der Waals surface area contributed by atoms with E-state index in [0.29, 0.717) is 5.02 Å². The van der Waals surface area contributed by atoms with Crippen molar-refractivity contribution < 1.29 is 4.74 Å². The van der Waals surface area contributed by atoms with Crippen molar-refractivity contribution in [1.29, 1.82) is 0 Å². The van der Waals surface area contributed by atoms with Crippen molar-refractivity contribution in [2.75, 3.05) is 6.61 Å². The molecule has 0 saturated heterocycles. The third kappa shape index (κ3) is 5.31. The standard InChI is InChI=1S/C14H20BrClO/c1-2-3-4-5-6-10-17-14-12(11-15)8-7-9-13(14)16/h7-9H,2-6,10-11H2,1H3. The molecule has 0 N–H and O–H groups in total. The maximum atomic E-state index is 6.12. The summed E-state index contributed by atoms with van der Waals surface area (Å²) in [6.45, 7) is 2.98. The van der Waals surface area contributed by atoms with Gasteiger partial charge in [-0.05, 0) is 12.5 Å². The Bertz CT molecular complexity index is 328. The van der Waals surface area contributed by atoms with Gasteiger partial charge in [-0.2, -0.15) is 0 Å². The van der Waals surface area contributed by atoms with E-state index < -0.39 is 0 Å². The lowest BCUT2D eigenvalue weighted by atomic mass is 10.2. The molecule has 0 amide bonds. The molecule has 0 atom stereocenters. The summed E-state index contributed by atoms with van der Waals surface area (Å²) in [4.78, 5) is 0. The predicted octanol–water partition coefficient (Wildman–Crippen LogP) is 5.58. The fourth-order valence-electron chi connectivity index (χ4n) is 1.70. The molecule has 0 spiro atoms. The normalized spacial score (nSPS) is 10.5. The molecule has 1 aromatic carbocycles. The van der Waals surface area contributed by atoms with Crippen LogP contribution in [0.2, 0.25) is 5.02 Å². The molecule has 1 nitrogen and oxygen atoms in total. The van der Waals surface area contributed by atoms with Crippen LogP contribution < -0.4 is 4.74 Å². The minimum absolute atomic E-state index is 0.704. The van der Waals surface area contributed by atoms with Crippen LogP contribution in [0, 0.1) is 0 Å². The SMILES string of the molecule is CCCCCCCOc1c(Cl)cccc1CBr. The molecule has 0 heterocycles. The van der Waals surface area contributed by atoms with Crippen LogP contribution in [-0.2, 0) is 5.33 Å². The van der Waals surface area contributed by atoms with Gasteiger partial charge in [-0.3, -0.25) is 0 Å². The van der Waals surface area contributed by atoms with Gasteiger partial charge in [0.15, 0.2) is 0 Å². The van der Waals surface area contributed by atoms with Crippen LogP contribution in [0.3, 0.4) is 0 Å². The van der Waals surface area contributed by atoms with Crippen molar-refractivity contribution in [2.24, 2.45) is 0 Å². The number of alkyl halides is 1. The molecule has 96 valence electrons. The van der Waals surface area contributed by atoms with E-state index in [2.05, 4.69) is 22.9 Å². The first-order valence-electron chi connectivity index (χ1n) is 6.25. The van der Waals surface area contributed by atoms with Crippen LogP contribution in [0.4, 0.5) is 0 Å². The second-order valence-corrected chi connectivity index (χ2v) is 5.09. The minimum Gasteiger partial charge on any atom is -0.492 e. The molecule has 17 heavy (non-hydrogen) atoms. The minimum atomic E-state index is 0.704. The first-order valence-corrected chi connectivity index (χ1v) is 7.75. The van der Waals surface area contributed by atoms with Crippen molar-refractivity contribution in [3.8, 4) is 5.75 Å². The number of rotatable bonds is 8. The number of ether oxygens (including phenoxy) is 1. The second-order valence-electron chi connectivity index (χ2n) is 4.12. The van der Waals surface area contributed by atoms with Gasteiger partial charge in [-0.1, -0.05) is 72.3 Å². The lowest BCUT2D eigenvalue weighted by molar-refractivity contribution is 0.302. The average Bonchev–Trinajstić information content (AvgIpc) is 2.35. The van der Waals surface area contributed by atoms with Gasteiger partial charge in [0.2, 0.25) is 0 Å². The highest BCUT2D eigenvalue weighted by Crippen LogP contribution is 2.30. The molecule has 3 heteroatoms. The second kappa shape index (κ2) is 8.82. The van der Waals surface area contributed by atoms with Crippen molar-refractivity contribution in [2.45, 2.75) is 44.4 Å². The molecule has 0 bridgehead atoms. The highest BCUT2D eigenvalue weighted by molar-refractivity contribution is 9.08. The molecular weight excluding hydrogens is 300 g/mol. The quantitative estimate of drug-likeness (QED) is 0.448. The van der Waals surface area contributed by atoms with Crippen LogP contribution in [0.25, 0.3) is 0 Å². The Morgan fingerprint density at radius 2 is 1.94 bits per heavy atom. The van der Waals surface area contributed by atoms with Crippen LogP contribution in [0.15, 0.2) is 18.2 Å². The number of halogens is 2. The van der Waals surface area contributed by atoms with Crippen molar-refractivity contribution in [3.63, 3.8) is 0 Å². The zero-order valence-electron chi connectivity index (χ0n) is 10.3. The van der Waals surface area contributed by atoms with E-state index in [1.165, 1.54) is 25.7 Å². The molecule has 0 aliphatic carbocycles. The Morgan fingerprint density at radius 1 is 1.18 bits per heavy atom. The van der Waals surface area contributed by atoms with E-state index in [1.54, 1.807) is 0 Å². The van der Waals surface area contributed by atoms with Gasteiger partial charge in [0.1, 0.15) is 5.75 Å². The van der Waals surface area contributed by atoms with Gasteiger partial charge in [-0.15, -0.1) is 0 Å². The Balaban J connectivity index is 2.35. The summed E-state index contributed by atoms with van der Waals surface area (Å²) in [5, 5.41) is 1.48. The highest BCUT2D eigenvalue weighted by atomic mass is 79.9. The Hall–Kier alpha value is -0.210. The van der Waals surface area contributed by atoms with Crippen LogP contribution in [0.1, 0.15) is 44.6 Å². The topological polar surface area (TPSA) is 9.23 Å². The van der Waals surface area contributed by atoms with Crippen LogP contribution >= 0.6 is 27.5 Å². The lowest BCUT2D eigenvalue weighted by Crippen LogP contribution is -2.00. The summed E-state index contributed by atoms with van der Waals surface area (Å²) >= 11 is 9.57. The third-order valence-corrected chi connectivity index (χ3v) is 3.59. The van der Waals surface area contributed by atoms with E-state index in [0.717, 1.165) is 29.7 Å². The van der Waals surface area contributed by atoms with E-state index >= 15 is 0 Å². The zero-order chi connectivity index (χ0) is 12.5. The monoisotopic (exact) mass is 318 g/mol. The Morgan fingerprint density at radius 3 is 2.65 bits per heavy atom. The Labute approximate surface area is 118 Å². The van der Waals surface area contributed by atoms with Crippen LogP contribution in [0.5, 0.6) is 5.75 Å². The molecule has 0 aromatic heterocycles. The molecule has 1 rings (SSSR count). The smallest absolute Gasteiger partial charge is 0.141 e. The van der Waals surface area contributed by atoms with E-state index in [1.807, 2.05) is 18.2 Å². The molecule has 0 aliphatic heterocycles. The van der Waals surface area contributed by atoms with Gasteiger partial charge >= 0.3 is 0 Å². The first kappa shape index (κ1) is 14.8. The molecule has 0 unspecified atom stereocenters. The van der Waals surface area contributed by atoms with E-state index in [-0.39, 0.29) is 0 Å². The summed E-state index contributed by atoms with van der Waals surface area (Å²) in [5.74, 6) is 0.835. The third-order valence-electron chi connectivity index (χ3n) is 2.69. The lowest BCUT2D eigenvalue weighted by Gasteiger charge is -2.11. The number of benzene rings is 1. The summed E-state index contributed by atoms with van der Waals surface area (Å²) in [6.07, 6.45) is 6.24. The van der Waals surface area contributed by atoms with Crippen molar-refractivity contribution >= 4 is 27.5 Å².